The van der Waals surface area contributed by atoms with Gasteiger partial charge in [-0.3, -0.25) is 14.8 Å². The number of hydrogen-bond acceptors (Lipinski definition) is 5. The Morgan fingerprint density at radius 2 is 1.76 bits per heavy atom. The SMILES string of the molecule is CN=C(NCCc1csc(C)n1)NCCN1CCN(Cc2ccccc2)CC1.I. The molecule has 0 bridgehead atoms. The molecule has 0 saturated carbocycles. The minimum atomic E-state index is 0. The van der Waals surface area contributed by atoms with Gasteiger partial charge in [0.15, 0.2) is 5.96 Å². The predicted octanol–water partition coefficient (Wildman–Crippen LogP) is 2.59. The third-order valence-electron chi connectivity index (χ3n) is 5.00. The second-order valence-electron chi connectivity index (χ2n) is 7.14. The minimum absolute atomic E-state index is 0. The van der Waals surface area contributed by atoms with E-state index in [4.69, 9.17) is 0 Å². The molecular formula is C21H33IN6S. The second kappa shape index (κ2) is 13.1. The second-order valence-corrected chi connectivity index (χ2v) is 8.20. The zero-order chi connectivity index (χ0) is 19.6. The van der Waals surface area contributed by atoms with Crippen LogP contribution in [0, 0.1) is 6.92 Å². The van der Waals surface area contributed by atoms with Crippen LogP contribution < -0.4 is 10.6 Å². The number of thiazole rings is 1. The summed E-state index contributed by atoms with van der Waals surface area (Å²) in [6, 6.07) is 10.7. The Kier molecular flexibility index (Phi) is 10.9. The molecule has 1 saturated heterocycles. The fourth-order valence-electron chi connectivity index (χ4n) is 3.40. The fourth-order valence-corrected chi connectivity index (χ4v) is 4.04. The van der Waals surface area contributed by atoms with Crippen LogP contribution >= 0.6 is 35.3 Å². The number of nitrogens with one attached hydrogen (secondary N) is 2. The monoisotopic (exact) mass is 528 g/mol. The third kappa shape index (κ3) is 8.57. The first kappa shape index (κ1) is 24.0. The smallest absolute Gasteiger partial charge is 0.191 e. The predicted molar refractivity (Wildman–Crippen MR) is 133 cm³/mol. The van der Waals surface area contributed by atoms with E-state index in [9.17, 15) is 0 Å². The number of aryl methyl sites for hydroxylation is 1. The number of nitrogens with zero attached hydrogens (tertiary/aromatic N) is 4. The van der Waals surface area contributed by atoms with Gasteiger partial charge in [-0.15, -0.1) is 35.3 Å². The van der Waals surface area contributed by atoms with Gasteiger partial charge in [-0.25, -0.2) is 4.98 Å². The molecule has 1 aromatic carbocycles. The summed E-state index contributed by atoms with van der Waals surface area (Å²) in [4.78, 5) is 13.9. The van der Waals surface area contributed by atoms with Crippen molar-refractivity contribution in [2.24, 2.45) is 4.99 Å². The molecule has 1 fully saturated rings. The van der Waals surface area contributed by atoms with E-state index in [1.807, 2.05) is 14.0 Å². The van der Waals surface area contributed by atoms with E-state index in [0.717, 1.165) is 75.4 Å². The highest BCUT2D eigenvalue weighted by atomic mass is 127. The van der Waals surface area contributed by atoms with Crippen LogP contribution in [0.5, 0.6) is 0 Å². The molecule has 8 heteroatoms. The van der Waals surface area contributed by atoms with Gasteiger partial charge in [0.25, 0.3) is 0 Å². The van der Waals surface area contributed by atoms with Crippen LogP contribution in [0.3, 0.4) is 0 Å². The van der Waals surface area contributed by atoms with E-state index >= 15 is 0 Å². The molecule has 160 valence electrons. The molecule has 29 heavy (non-hydrogen) atoms. The molecule has 0 spiro atoms. The van der Waals surface area contributed by atoms with Crippen molar-refractivity contribution >= 4 is 41.3 Å². The van der Waals surface area contributed by atoms with Crippen LogP contribution in [-0.2, 0) is 13.0 Å². The first-order chi connectivity index (χ1) is 13.7. The molecule has 0 amide bonds. The summed E-state index contributed by atoms with van der Waals surface area (Å²) in [5.74, 6) is 0.870. The quantitative estimate of drug-likeness (QED) is 0.314. The number of guanidine groups is 1. The summed E-state index contributed by atoms with van der Waals surface area (Å²) in [5.41, 5.74) is 2.55. The molecule has 2 N–H and O–H groups in total. The molecule has 6 nitrogen and oxygen atoms in total. The van der Waals surface area contributed by atoms with Gasteiger partial charge in [-0.2, -0.15) is 0 Å². The average Bonchev–Trinajstić information content (AvgIpc) is 3.14. The normalized spacial score (nSPS) is 15.7. The van der Waals surface area contributed by atoms with Crippen molar-refractivity contribution in [2.75, 3.05) is 52.9 Å². The van der Waals surface area contributed by atoms with E-state index in [-0.39, 0.29) is 24.0 Å². The highest BCUT2D eigenvalue weighted by molar-refractivity contribution is 14.0. The summed E-state index contributed by atoms with van der Waals surface area (Å²) in [5, 5.41) is 10.1. The molecule has 1 aromatic heterocycles. The van der Waals surface area contributed by atoms with Crippen LogP contribution in [0.4, 0.5) is 0 Å². The zero-order valence-electron chi connectivity index (χ0n) is 17.4. The number of hydrogen-bond donors (Lipinski definition) is 2. The lowest BCUT2D eigenvalue weighted by molar-refractivity contribution is 0.129. The van der Waals surface area contributed by atoms with Crippen LogP contribution in [-0.4, -0.2) is 73.6 Å². The molecule has 0 aliphatic carbocycles. The van der Waals surface area contributed by atoms with Gasteiger partial charge in [-0.05, 0) is 12.5 Å². The third-order valence-corrected chi connectivity index (χ3v) is 5.82. The first-order valence-corrected chi connectivity index (χ1v) is 10.9. The Morgan fingerprint density at radius 3 is 2.41 bits per heavy atom. The highest BCUT2D eigenvalue weighted by Crippen LogP contribution is 2.08. The van der Waals surface area contributed by atoms with E-state index in [1.54, 1.807) is 11.3 Å². The number of aliphatic imine (C=N–C) groups is 1. The van der Waals surface area contributed by atoms with Gasteiger partial charge >= 0.3 is 0 Å². The molecule has 0 atom stereocenters. The number of rotatable bonds is 8. The van der Waals surface area contributed by atoms with E-state index in [1.165, 1.54) is 5.56 Å². The summed E-state index contributed by atoms with van der Waals surface area (Å²) in [7, 11) is 1.82. The van der Waals surface area contributed by atoms with Crippen LogP contribution in [0.1, 0.15) is 16.3 Å². The van der Waals surface area contributed by atoms with Gasteiger partial charge in [0.2, 0.25) is 0 Å². The van der Waals surface area contributed by atoms with Crippen molar-refractivity contribution < 1.29 is 0 Å². The summed E-state index contributed by atoms with van der Waals surface area (Å²) >= 11 is 1.71. The van der Waals surface area contributed by atoms with Crippen molar-refractivity contribution in [3.05, 3.63) is 52.0 Å². The lowest BCUT2D eigenvalue weighted by atomic mass is 10.2. The van der Waals surface area contributed by atoms with Crippen molar-refractivity contribution in [1.29, 1.82) is 0 Å². The maximum atomic E-state index is 4.50. The van der Waals surface area contributed by atoms with Crippen molar-refractivity contribution in [3.63, 3.8) is 0 Å². The summed E-state index contributed by atoms with van der Waals surface area (Å²) in [6.07, 6.45) is 0.925. The van der Waals surface area contributed by atoms with Gasteiger partial charge in [-0.1, -0.05) is 30.3 Å². The van der Waals surface area contributed by atoms with Gasteiger partial charge in [0.1, 0.15) is 0 Å². The van der Waals surface area contributed by atoms with Crippen LogP contribution in [0.2, 0.25) is 0 Å². The van der Waals surface area contributed by atoms with Gasteiger partial charge < -0.3 is 10.6 Å². The molecule has 2 aromatic rings. The lowest BCUT2D eigenvalue weighted by Gasteiger charge is -2.34. The van der Waals surface area contributed by atoms with Crippen molar-refractivity contribution in [3.8, 4) is 0 Å². The zero-order valence-corrected chi connectivity index (χ0v) is 20.6. The number of halogens is 1. The molecule has 3 rings (SSSR count). The average molecular weight is 529 g/mol. The maximum absolute atomic E-state index is 4.50. The maximum Gasteiger partial charge on any atom is 0.191 e. The summed E-state index contributed by atoms with van der Waals surface area (Å²) in [6.45, 7) is 10.4. The standard InChI is InChI=1S/C21H32N6S.HI/c1-18-25-20(17-28-18)8-9-23-21(22-2)24-10-11-26-12-14-27(15-13-26)16-19-6-4-3-5-7-19;/h3-7,17H,8-16H2,1-2H3,(H2,22,23,24);1H. The molecule has 0 radical (unpaired) electrons. The Labute approximate surface area is 195 Å². The Bertz CT molecular complexity index is 728. The number of benzene rings is 1. The molecule has 2 heterocycles. The first-order valence-electron chi connectivity index (χ1n) is 10.1. The fraction of sp³-hybridized carbons (Fsp3) is 0.524. The number of piperazine rings is 1. The molecule has 1 aliphatic rings. The Hall–Kier alpha value is -1.23. The van der Waals surface area contributed by atoms with Crippen LogP contribution in [0.25, 0.3) is 0 Å². The van der Waals surface area contributed by atoms with E-state index in [0.29, 0.717) is 0 Å². The number of aromatic nitrogens is 1. The molecular weight excluding hydrogens is 495 g/mol. The topological polar surface area (TPSA) is 55.8 Å². The summed E-state index contributed by atoms with van der Waals surface area (Å²) < 4.78 is 0. The Balaban J connectivity index is 0.00000300. The highest BCUT2D eigenvalue weighted by Gasteiger charge is 2.16. The van der Waals surface area contributed by atoms with E-state index < -0.39 is 0 Å². The Morgan fingerprint density at radius 1 is 1.07 bits per heavy atom. The van der Waals surface area contributed by atoms with Crippen LogP contribution in [0.15, 0.2) is 40.7 Å². The van der Waals surface area contributed by atoms with E-state index in [2.05, 4.69) is 66.1 Å². The lowest BCUT2D eigenvalue weighted by Crippen LogP contribution is -2.49. The largest absolute Gasteiger partial charge is 0.356 e. The molecule has 1 aliphatic heterocycles. The van der Waals surface area contributed by atoms with Crippen molar-refractivity contribution in [2.45, 2.75) is 19.9 Å². The molecule has 0 unspecified atom stereocenters. The van der Waals surface area contributed by atoms with Gasteiger partial charge in [0, 0.05) is 71.2 Å². The minimum Gasteiger partial charge on any atom is -0.356 e. The van der Waals surface area contributed by atoms with Crippen molar-refractivity contribution in [1.82, 2.24) is 25.4 Å². The van der Waals surface area contributed by atoms with Gasteiger partial charge in [0.05, 0.1) is 10.7 Å².